The summed E-state index contributed by atoms with van der Waals surface area (Å²) in [7, 11) is 1.70. The van der Waals surface area contributed by atoms with E-state index in [9.17, 15) is 0 Å². The van der Waals surface area contributed by atoms with E-state index in [0.29, 0.717) is 0 Å². The highest BCUT2D eigenvalue weighted by Crippen LogP contribution is 2.32. The molecule has 0 saturated carbocycles. The van der Waals surface area contributed by atoms with Crippen molar-refractivity contribution in [2.45, 2.75) is 45.4 Å². The summed E-state index contributed by atoms with van der Waals surface area (Å²) in [6, 6.07) is 0. The lowest BCUT2D eigenvalue weighted by Crippen LogP contribution is -2.28. The average Bonchev–Trinajstić information content (AvgIpc) is 2.44. The molecule has 0 atom stereocenters. The van der Waals surface area contributed by atoms with Crippen molar-refractivity contribution in [2.75, 3.05) is 37.0 Å². The molecule has 20 heavy (non-hydrogen) atoms. The highest BCUT2D eigenvalue weighted by molar-refractivity contribution is 5.64. The molecule has 2 heterocycles. The van der Waals surface area contributed by atoms with Gasteiger partial charge < -0.3 is 15.0 Å². The Balaban J connectivity index is 2.19. The van der Waals surface area contributed by atoms with Gasteiger partial charge in [-0.3, -0.25) is 0 Å². The summed E-state index contributed by atoms with van der Waals surface area (Å²) < 4.78 is 5.57. The average molecular weight is 278 g/mol. The Bertz CT molecular complexity index is 403. The van der Waals surface area contributed by atoms with Crippen molar-refractivity contribution >= 4 is 11.6 Å². The zero-order chi connectivity index (χ0) is 14.2. The van der Waals surface area contributed by atoms with E-state index in [0.717, 1.165) is 43.4 Å². The molecule has 0 unspecified atom stereocenters. The lowest BCUT2D eigenvalue weighted by Gasteiger charge is -2.27. The summed E-state index contributed by atoms with van der Waals surface area (Å²) in [5.74, 6) is 2.52. The molecule has 1 N–H and O–H groups in total. The molecule has 1 aliphatic rings. The molecule has 0 aliphatic carbocycles. The monoisotopic (exact) mass is 278 g/mol. The first-order valence-electron chi connectivity index (χ1n) is 7.74. The first kappa shape index (κ1) is 14.9. The van der Waals surface area contributed by atoms with Gasteiger partial charge in [0, 0.05) is 19.6 Å². The van der Waals surface area contributed by atoms with Crippen LogP contribution in [-0.4, -0.2) is 36.7 Å². The van der Waals surface area contributed by atoms with Crippen LogP contribution in [0.2, 0.25) is 0 Å². The van der Waals surface area contributed by atoms with Crippen LogP contribution in [0, 0.1) is 0 Å². The topological polar surface area (TPSA) is 50.3 Å². The van der Waals surface area contributed by atoms with Crippen LogP contribution in [0.1, 0.15) is 45.4 Å². The molecule has 1 aromatic heterocycles. The van der Waals surface area contributed by atoms with Gasteiger partial charge in [0.15, 0.2) is 11.6 Å². The first-order valence-corrected chi connectivity index (χ1v) is 7.74. The predicted molar refractivity (Wildman–Crippen MR) is 82.7 cm³/mol. The smallest absolute Gasteiger partial charge is 0.204 e. The second-order valence-electron chi connectivity index (χ2n) is 5.26. The molecule has 1 aromatic rings. The van der Waals surface area contributed by atoms with Crippen molar-refractivity contribution in [1.82, 2.24) is 9.97 Å². The number of hydrogen-bond donors (Lipinski definition) is 1. The molecule has 0 aromatic carbocycles. The standard InChI is InChI=1S/C15H26N4O/c1-3-9-16-14-13(20-2)15(18-12-17-14)19-10-7-5-4-6-8-11-19/h12H,3-11H2,1-2H3,(H,16,17,18). The van der Waals surface area contributed by atoms with Gasteiger partial charge in [-0.25, -0.2) is 9.97 Å². The SMILES string of the molecule is CCCNc1ncnc(N2CCCCCCC2)c1OC. The Morgan fingerprint density at radius 1 is 1.15 bits per heavy atom. The first-order chi connectivity index (χ1) is 9.86. The summed E-state index contributed by atoms with van der Waals surface area (Å²) in [5, 5.41) is 3.32. The molecule has 1 fully saturated rings. The Morgan fingerprint density at radius 2 is 1.85 bits per heavy atom. The number of ether oxygens (including phenoxy) is 1. The molecule has 5 heteroatoms. The zero-order valence-electron chi connectivity index (χ0n) is 12.7. The molecule has 0 bridgehead atoms. The van der Waals surface area contributed by atoms with Crippen molar-refractivity contribution in [1.29, 1.82) is 0 Å². The number of hydrogen-bond acceptors (Lipinski definition) is 5. The molecule has 0 spiro atoms. The fourth-order valence-electron chi connectivity index (χ4n) is 2.61. The minimum atomic E-state index is 0.779. The van der Waals surface area contributed by atoms with Gasteiger partial charge in [0.05, 0.1) is 7.11 Å². The zero-order valence-corrected chi connectivity index (χ0v) is 12.7. The van der Waals surface area contributed by atoms with Crippen LogP contribution in [-0.2, 0) is 0 Å². The Labute approximate surface area is 121 Å². The van der Waals surface area contributed by atoms with Gasteiger partial charge >= 0.3 is 0 Å². The molecule has 2 rings (SSSR count). The molecule has 5 nitrogen and oxygen atoms in total. The fraction of sp³-hybridized carbons (Fsp3) is 0.733. The fourth-order valence-corrected chi connectivity index (χ4v) is 2.61. The van der Waals surface area contributed by atoms with Crippen LogP contribution in [0.3, 0.4) is 0 Å². The third-order valence-corrected chi connectivity index (χ3v) is 3.69. The maximum atomic E-state index is 5.57. The summed E-state index contributed by atoms with van der Waals surface area (Å²) in [6.07, 6.45) is 9.13. The van der Waals surface area contributed by atoms with Crippen molar-refractivity contribution in [3.63, 3.8) is 0 Å². The summed E-state index contributed by atoms with van der Waals surface area (Å²) >= 11 is 0. The van der Waals surface area contributed by atoms with E-state index in [1.807, 2.05) is 0 Å². The molecule has 1 saturated heterocycles. The van der Waals surface area contributed by atoms with Gasteiger partial charge in [0.25, 0.3) is 0 Å². The van der Waals surface area contributed by atoms with Crippen LogP contribution < -0.4 is 15.0 Å². The third-order valence-electron chi connectivity index (χ3n) is 3.69. The van der Waals surface area contributed by atoms with E-state index in [-0.39, 0.29) is 0 Å². The van der Waals surface area contributed by atoms with Crippen molar-refractivity contribution < 1.29 is 4.74 Å². The van der Waals surface area contributed by atoms with Crippen LogP contribution in [0.5, 0.6) is 5.75 Å². The van der Waals surface area contributed by atoms with Crippen molar-refractivity contribution in [2.24, 2.45) is 0 Å². The molecular formula is C15H26N4O. The Hall–Kier alpha value is -1.52. The number of nitrogens with zero attached hydrogens (tertiary/aromatic N) is 3. The lowest BCUT2D eigenvalue weighted by molar-refractivity contribution is 0.410. The summed E-state index contributed by atoms with van der Waals surface area (Å²) in [5.41, 5.74) is 0. The number of methoxy groups -OCH3 is 1. The molecule has 0 amide bonds. The van der Waals surface area contributed by atoms with Crippen molar-refractivity contribution in [3.05, 3.63) is 6.33 Å². The van der Waals surface area contributed by atoms with Gasteiger partial charge in [0.2, 0.25) is 5.75 Å². The molecule has 0 radical (unpaired) electrons. The number of aromatic nitrogens is 2. The minimum absolute atomic E-state index is 0.779. The van der Waals surface area contributed by atoms with Gasteiger partial charge in [-0.2, -0.15) is 0 Å². The highest BCUT2D eigenvalue weighted by atomic mass is 16.5. The summed E-state index contributed by atoms with van der Waals surface area (Å²) in [6.45, 7) is 5.15. The molecule has 1 aliphatic heterocycles. The van der Waals surface area contributed by atoms with Crippen LogP contribution in [0.15, 0.2) is 6.33 Å². The lowest BCUT2D eigenvalue weighted by atomic mass is 10.1. The maximum Gasteiger partial charge on any atom is 0.204 e. The van der Waals surface area contributed by atoms with Crippen LogP contribution in [0.25, 0.3) is 0 Å². The minimum Gasteiger partial charge on any atom is -0.490 e. The van der Waals surface area contributed by atoms with Gasteiger partial charge in [-0.1, -0.05) is 26.2 Å². The van der Waals surface area contributed by atoms with E-state index in [2.05, 4.69) is 27.1 Å². The van der Waals surface area contributed by atoms with Gasteiger partial charge in [-0.15, -0.1) is 0 Å². The van der Waals surface area contributed by atoms with E-state index in [1.54, 1.807) is 13.4 Å². The number of anilines is 2. The highest BCUT2D eigenvalue weighted by Gasteiger charge is 2.18. The largest absolute Gasteiger partial charge is 0.490 e. The molecule has 112 valence electrons. The number of nitrogens with one attached hydrogen (secondary N) is 1. The van der Waals surface area contributed by atoms with Crippen LogP contribution in [0.4, 0.5) is 11.6 Å². The molecular weight excluding hydrogens is 252 g/mol. The van der Waals surface area contributed by atoms with E-state index < -0.39 is 0 Å². The Kier molecular flexibility index (Phi) is 5.89. The maximum absolute atomic E-state index is 5.57. The van der Waals surface area contributed by atoms with E-state index in [4.69, 9.17) is 4.74 Å². The van der Waals surface area contributed by atoms with E-state index in [1.165, 1.54) is 32.1 Å². The van der Waals surface area contributed by atoms with Gasteiger partial charge in [0.1, 0.15) is 6.33 Å². The third kappa shape index (κ3) is 3.74. The number of rotatable bonds is 5. The predicted octanol–water partition coefficient (Wildman–Crippen LogP) is 3.08. The normalized spacial score (nSPS) is 16.4. The van der Waals surface area contributed by atoms with Crippen molar-refractivity contribution in [3.8, 4) is 5.75 Å². The quantitative estimate of drug-likeness (QED) is 0.897. The summed E-state index contributed by atoms with van der Waals surface area (Å²) in [4.78, 5) is 11.1. The van der Waals surface area contributed by atoms with E-state index >= 15 is 0 Å². The van der Waals surface area contributed by atoms with Gasteiger partial charge in [-0.05, 0) is 19.3 Å². The second kappa shape index (κ2) is 7.92. The Morgan fingerprint density at radius 3 is 2.50 bits per heavy atom. The second-order valence-corrected chi connectivity index (χ2v) is 5.26. The van der Waals surface area contributed by atoms with Crippen LogP contribution >= 0.6 is 0 Å².